The average molecular weight is 356 g/mol. The molecule has 0 N–H and O–H groups in total. The highest BCUT2D eigenvalue weighted by Crippen LogP contribution is 2.27. The first kappa shape index (κ1) is 16.1. The molecule has 3 aromatic rings. The van der Waals surface area contributed by atoms with Gasteiger partial charge in [0.05, 0.1) is 0 Å². The molecule has 0 atom stereocenters. The zero-order chi connectivity index (χ0) is 17.4. The first-order chi connectivity index (χ1) is 12.1. The number of carbonyl (C=O) groups excluding carboxylic acids is 1. The Hall–Kier alpha value is -2.37. The standard InChI is InChI=1S/C19H18ClN3O2/c1-22-7-9-23(10-8-22)19(24)14-4-2-3-13(11-14)18-21-16-12-15(20)5-6-17(16)25-18/h2-6,11-12H,7-10H2,1H3. The maximum absolute atomic E-state index is 12.7. The monoisotopic (exact) mass is 355 g/mol. The highest BCUT2D eigenvalue weighted by atomic mass is 35.5. The van der Waals surface area contributed by atoms with E-state index in [1.165, 1.54) is 0 Å². The zero-order valence-corrected chi connectivity index (χ0v) is 14.7. The molecule has 0 spiro atoms. The molecule has 0 saturated carbocycles. The molecule has 4 rings (SSSR count). The zero-order valence-electron chi connectivity index (χ0n) is 13.9. The molecule has 25 heavy (non-hydrogen) atoms. The van der Waals surface area contributed by atoms with E-state index in [0.717, 1.165) is 31.7 Å². The van der Waals surface area contributed by atoms with Crippen LogP contribution in [0.15, 0.2) is 46.9 Å². The van der Waals surface area contributed by atoms with Gasteiger partial charge < -0.3 is 14.2 Å². The average Bonchev–Trinajstić information content (AvgIpc) is 3.05. The highest BCUT2D eigenvalue weighted by molar-refractivity contribution is 6.31. The Morgan fingerprint density at radius 1 is 1.12 bits per heavy atom. The molecule has 2 heterocycles. The van der Waals surface area contributed by atoms with E-state index < -0.39 is 0 Å². The molecule has 0 aliphatic carbocycles. The van der Waals surface area contributed by atoms with Gasteiger partial charge in [0.2, 0.25) is 5.89 Å². The van der Waals surface area contributed by atoms with Gasteiger partial charge >= 0.3 is 0 Å². The van der Waals surface area contributed by atoms with Crippen LogP contribution in [0.4, 0.5) is 0 Å². The Kier molecular flexibility index (Phi) is 4.19. The molecule has 1 amide bonds. The third-order valence-electron chi connectivity index (χ3n) is 4.50. The third-order valence-corrected chi connectivity index (χ3v) is 4.73. The number of hydrogen-bond acceptors (Lipinski definition) is 4. The summed E-state index contributed by atoms with van der Waals surface area (Å²) in [6, 6.07) is 12.8. The van der Waals surface area contributed by atoms with Crippen molar-refractivity contribution >= 4 is 28.6 Å². The Morgan fingerprint density at radius 3 is 2.72 bits per heavy atom. The van der Waals surface area contributed by atoms with E-state index in [0.29, 0.717) is 27.6 Å². The van der Waals surface area contributed by atoms with Crippen LogP contribution < -0.4 is 0 Å². The number of piperazine rings is 1. The van der Waals surface area contributed by atoms with Crippen LogP contribution >= 0.6 is 11.6 Å². The summed E-state index contributed by atoms with van der Waals surface area (Å²) < 4.78 is 5.80. The lowest BCUT2D eigenvalue weighted by molar-refractivity contribution is 0.0664. The lowest BCUT2D eigenvalue weighted by Crippen LogP contribution is -2.47. The number of rotatable bonds is 2. The molecule has 0 bridgehead atoms. The summed E-state index contributed by atoms with van der Waals surface area (Å²) in [5.74, 6) is 0.541. The summed E-state index contributed by atoms with van der Waals surface area (Å²) in [5.41, 5.74) is 2.82. The van der Waals surface area contributed by atoms with Crippen molar-refractivity contribution in [3.05, 3.63) is 53.1 Å². The van der Waals surface area contributed by atoms with Crippen molar-refractivity contribution in [1.82, 2.24) is 14.8 Å². The van der Waals surface area contributed by atoms with Crippen LogP contribution in [0.25, 0.3) is 22.6 Å². The summed E-state index contributed by atoms with van der Waals surface area (Å²) in [5, 5.41) is 0.617. The van der Waals surface area contributed by atoms with Crippen LogP contribution in [0, 0.1) is 0 Å². The lowest BCUT2D eigenvalue weighted by Gasteiger charge is -2.32. The normalized spacial score (nSPS) is 15.7. The summed E-state index contributed by atoms with van der Waals surface area (Å²) in [7, 11) is 2.07. The predicted molar refractivity (Wildman–Crippen MR) is 97.9 cm³/mol. The fourth-order valence-electron chi connectivity index (χ4n) is 3.00. The van der Waals surface area contributed by atoms with Crippen LogP contribution in [0.2, 0.25) is 5.02 Å². The molecular weight excluding hydrogens is 338 g/mol. The quantitative estimate of drug-likeness (QED) is 0.705. The van der Waals surface area contributed by atoms with Gasteiger partial charge in [0, 0.05) is 42.3 Å². The third kappa shape index (κ3) is 3.25. The Morgan fingerprint density at radius 2 is 1.92 bits per heavy atom. The van der Waals surface area contributed by atoms with Crippen molar-refractivity contribution in [1.29, 1.82) is 0 Å². The van der Waals surface area contributed by atoms with Crippen LogP contribution in [0.1, 0.15) is 10.4 Å². The molecule has 128 valence electrons. The molecule has 0 radical (unpaired) electrons. The summed E-state index contributed by atoms with van der Waals surface area (Å²) >= 11 is 6.00. The molecule has 1 aliphatic heterocycles. The van der Waals surface area contributed by atoms with Crippen molar-refractivity contribution < 1.29 is 9.21 Å². The molecule has 0 unspecified atom stereocenters. The second-order valence-electron chi connectivity index (χ2n) is 6.31. The van der Waals surface area contributed by atoms with Gasteiger partial charge in [-0.15, -0.1) is 0 Å². The molecular formula is C19H18ClN3O2. The number of halogens is 1. The van der Waals surface area contributed by atoms with E-state index in [1.54, 1.807) is 18.2 Å². The van der Waals surface area contributed by atoms with Crippen LogP contribution in [0.3, 0.4) is 0 Å². The van der Waals surface area contributed by atoms with Gasteiger partial charge in [0.15, 0.2) is 5.58 Å². The van der Waals surface area contributed by atoms with Gasteiger partial charge in [0.25, 0.3) is 5.91 Å². The van der Waals surface area contributed by atoms with Gasteiger partial charge in [-0.2, -0.15) is 0 Å². The minimum absolute atomic E-state index is 0.0501. The number of likely N-dealkylation sites (N-methyl/N-ethyl adjacent to an activating group) is 1. The summed E-state index contributed by atoms with van der Waals surface area (Å²) in [6.07, 6.45) is 0. The van der Waals surface area contributed by atoms with Gasteiger partial charge in [-0.25, -0.2) is 4.98 Å². The van der Waals surface area contributed by atoms with Crippen LogP contribution in [0.5, 0.6) is 0 Å². The minimum Gasteiger partial charge on any atom is -0.436 e. The number of carbonyl (C=O) groups is 1. The number of oxazole rings is 1. The smallest absolute Gasteiger partial charge is 0.253 e. The molecule has 1 aromatic heterocycles. The predicted octanol–water partition coefficient (Wildman–Crippen LogP) is 3.54. The van der Waals surface area contributed by atoms with E-state index >= 15 is 0 Å². The first-order valence-electron chi connectivity index (χ1n) is 8.24. The van der Waals surface area contributed by atoms with Crippen LogP contribution in [-0.2, 0) is 0 Å². The molecule has 1 saturated heterocycles. The van der Waals surface area contributed by atoms with Crippen molar-refractivity contribution in [3.63, 3.8) is 0 Å². The van der Waals surface area contributed by atoms with Crippen molar-refractivity contribution in [2.75, 3.05) is 33.2 Å². The van der Waals surface area contributed by atoms with Crippen molar-refractivity contribution in [2.24, 2.45) is 0 Å². The van der Waals surface area contributed by atoms with Gasteiger partial charge in [-0.3, -0.25) is 4.79 Å². The number of fused-ring (bicyclic) bond motifs is 1. The summed E-state index contributed by atoms with van der Waals surface area (Å²) in [6.45, 7) is 3.30. The van der Waals surface area contributed by atoms with Gasteiger partial charge in [-0.1, -0.05) is 17.7 Å². The fourth-order valence-corrected chi connectivity index (χ4v) is 3.17. The number of aromatic nitrogens is 1. The number of benzene rings is 2. The second-order valence-corrected chi connectivity index (χ2v) is 6.74. The number of amides is 1. The van der Waals surface area contributed by atoms with E-state index in [4.69, 9.17) is 16.0 Å². The van der Waals surface area contributed by atoms with Gasteiger partial charge in [-0.05, 0) is 43.4 Å². The van der Waals surface area contributed by atoms with E-state index in [9.17, 15) is 4.79 Å². The topological polar surface area (TPSA) is 49.6 Å². The first-order valence-corrected chi connectivity index (χ1v) is 8.62. The molecule has 2 aromatic carbocycles. The second kappa shape index (κ2) is 6.50. The molecule has 5 nitrogen and oxygen atoms in total. The van der Waals surface area contributed by atoms with E-state index in [2.05, 4.69) is 16.9 Å². The van der Waals surface area contributed by atoms with Crippen molar-refractivity contribution in [2.45, 2.75) is 0 Å². The van der Waals surface area contributed by atoms with Gasteiger partial charge in [0.1, 0.15) is 5.52 Å². The molecule has 1 aliphatic rings. The fraction of sp³-hybridized carbons (Fsp3) is 0.263. The summed E-state index contributed by atoms with van der Waals surface area (Å²) in [4.78, 5) is 21.3. The number of nitrogens with zero attached hydrogens (tertiary/aromatic N) is 3. The molecule has 6 heteroatoms. The van der Waals surface area contributed by atoms with E-state index in [-0.39, 0.29) is 5.91 Å². The Labute approximate surface area is 150 Å². The number of hydrogen-bond donors (Lipinski definition) is 0. The maximum Gasteiger partial charge on any atom is 0.253 e. The Balaban J connectivity index is 1.63. The minimum atomic E-state index is 0.0501. The van der Waals surface area contributed by atoms with Crippen molar-refractivity contribution in [3.8, 4) is 11.5 Å². The molecule has 1 fully saturated rings. The largest absolute Gasteiger partial charge is 0.436 e. The maximum atomic E-state index is 12.7. The SMILES string of the molecule is CN1CCN(C(=O)c2cccc(-c3nc4cc(Cl)ccc4o3)c2)CC1. The highest BCUT2D eigenvalue weighted by Gasteiger charge is 2.21. The van der Waals surface area contributed by atoms with Crippen LogP contribution in [-0.4, -0.2) is 53.9 Å². The Bertz CT molecular complexity index is 929. The van der Waals surface area contributed by atoms with E-state index in [1.807, 2.05) is 29.2 Å². The lowest BCUT2D eigenvalue weighted by atomic mass is 10.1.